The first-order chi connectivity index (χ1) is 9.28. The summed E-state index contributed by atoms with van der Waals surface area (Å²) in [5.41, 5.74) is -0.0399. The molecule has 1 aliphatic rings. The van der Waals surface area contributed by atoms with Crippen molar-refractivity contribution in [3.8, 4) is 5.75 Å². The Balaban J connectivity index is 2.29. The summed E-state index contributed by atoms with van der Waals surface area (Å²) in [7, 11) is 0. The van der Waals surface area contributed by atoms with Crippen LogP contribution in [0.1, 0.15) is 20.8 Å². The Labute approximate surface area is 120 Å². The minimum Gasteiger partial charge on any atom is -0.489 e. The van der Waals surface area contributed by atoms with Gasteiger partial charge in [0.25, 0.3) is 0 Å². The predicted molar refractivity (Wildman–Crippen MR) is 74.6 cm³/mol. The van der Waals surface area contributed by atoms with Crippen molar-refractivity contribution in [2.45, 2.75) is 31.3 Å². The summed E-state index contributed by atoms with van der Waals surface area (Å²) in [6, 6.07) is 4.53. The van der Waals surface area contributed by atoms with E-state index in [4.69, 9.17) is 14.0 Å². The van der Waals surface area contributed by atoms with Crippen molar-refractivity contribution in [2.75, 3.05) is 18.1 Å². The van der Waals surface area contributed by atoms with Crippen LogP contribution in [0.3, 0.4) is 0 Å². The highest BCUT2D eigenvalue weighted by Gasteiger charge is 2.28. The summed E-state index contributed by atoms with van der Waals surface area (Å²) in [5.74, 6) is 0.405. The van der Waals surface area contributed by atoms with Crippen molar-refractivity contribution < 1.29 is 23.0 Å². The molecule has 1 aliphatic heterocycles. The molecular weight excluding hydrogens is 282 g/mol. The molecule has 1 unspecified atom stereocenters. The first kappa shape index (κ1) is 14.8. The molecule has 0 radical (unpaired) electrons. The van der Waals surface area contributed by atoms with E-state index in [-0.39, 0.29) is 4.90 Å². The maximum atomic E-state index is 12.1. The average Bonchev–Trinajstić information content (AvgIpc) is 2.35. The molecule has 0 fully saturated rings. The molecule has 20 heavy (non-hydrogen) atoms. The van der Waals surface area contributed by atoms with Gasteiger partial charge in [0.15, 0.2) is 11.1 Å². The zero-order valence-corrected chi connectivity index (χ0v) is 12.4. The Morgan fingerprint density at radius 1 is 1.45 bits per heavy atom. The van der Waals surface area contributed by atoms with E-state index in [9.17, 15) is 9.00 Å². The van der Waals surface area contributed by atoms with Crippen LogP contribution in [0.2, 0.25) is 0 Å². The SMILES string of the molecule is CC(C)(C)OC(=O)N1CCOc2cc(S(=O)O)ccc21. The summed E-state index contributed by atoms with van der Waals surface area (Å²) in [6.07, 6.45) is -0.458. The second kappa shape index (κ2) is 5.41. The number of fused-ring (bicyclic) bond motifs is 1. The first-order valence-corrected chi connectivity index (χ1v) is 7.27. The maximum absolute atomic E-state index is 12.1. The Morgan fingerprint density at radius 3 is 2.75 bits per heavy atom. The molecule has 0 saturated heterocycles. The van der Waals surface area contributed by atoms with Crippen LogP contribution < -0.4 is 9.64 Å². The summed E-state index contributed by atoms with van der Waals surface area (Å²) < 4.78 is 30.9. The third-order valence-corrected chi connectivity index (χ3v) is 3.27. The zero-order valence-electron chi connectivity index (χ0n) is 11.6. The van der Waals surface area contributed by atoms with Gasteiger partial charge in [-0.2, -0.15) is 0 Å². The van der Waals surface area contributed by atoms with Gasteiger partial charge >= 0.3 is 6.09 Å². The van der Waals surface area contributed by atoms with Crippen LogP contribution in [0, 0.1) is 0 Å². The normalized spacial score (nSPS) is 16.1. The molecule has 1 amide bonds. The molecule has 1 aromatic carbocycles. The molecule has 0 aliphatic carbocycles. The summed E-state index contributed by atoms with van der Waals surface area (Å²) in [6.45, 7) is 6.08. The summed E-state index contributed by atoms with van der Waals surface area (Å²) >= 11 is -2.08. The fourth-order valence-corrected chi connectivity index (χ4v) is 2.21. The highest BCUT2D eigenvalue weighted by Crippen LogP contribution is 2.34. The molecule has 1 atom stereocenters. The number of amides is 1. The van der Waals surface area contributed by atoms with Gasteiger partial charge < -0.3 is 14.0 Å². The molecule has 2 rings (SSSR count). The van der Waals surface area contributed by atoms with E-state index in [1.54, 1.807) is 26.8 Å². The highest BCUT2D eigenvalue weighted by molar-refractivity contribution is 7.79. The van der Waals surface area contributed by atoms with E-state index in [1.807, 2.05) is 0 Å². The van der Waals surface area contributed by atoms with E-state index < -0.39 is 22.8 Å². The van der Waals surface area contributed by atoms with Gasteiger partial charge in [-0.1, -0.05) is 0 Å². The molecule has 6 nitrogen and oxygen atoms in total. The lowest BCUT2D eigenvalue weighted by atomic mass is 10.2. The van der Waals surface area contributed by atoms with E-state index in [2.05, 4.69) is 0 Å². The minimum atomic E-state index is -2.08. The number of ether oxygens (including phenoxy) is 2. The number of rotatable bonds is 1. The van der Waals surface area contributed by atoms with Gasteiger partial charge in [-0.05, 0) is 32.9 Å². The Bertz CT molecular complexity index is 552. The standard InChI is InChI=1S/C13H17NO5S/c1-13(2,3)19-12(15)14-6-7-18-11-8-9(20(16)17)4-5-10(11)14/h4-5,8H,6-7H2,1-3H3,(H,16,17). The summed E-state index contributed by atoms with van der Waals surface area (Å²) in [4.78, 5) is 13.8. The molecule has 0 saturated carbocycles. The third kappa shape index (κ3) is 3.29. The van der Waals surface area contributed by atoms with E-state index in [0.717, 1.165) is 0 Å². The second-order valence-electron chi connectivity index (χ2n) is 5.36. The maximum Gasteiger partial charge on any atom is 0.415 e. The van der Waals surface area contributed by atoms with Crippen LogP contribution >= 0.6 is 0 Å². The van der Waals surface area contributed by atoms with Crippen molar-refractivity contribution in [3.63, 3.8) is 0 Å². The lowest BCUT2D eigenvalue weighted by Gasteiger charge is -2.31. The second-order valence-corrected chi connectivity index (χ2v) is 6.33. The van der Waals surface area contributed by atoms with Crippen LogP contribution in [0.4, 0.5) is 10.5 Å². The lowest BCUT2D eigenvalue weighted by molar-refractivity contribution is 0.0567. The lowest BCUT2D eigenvalue weighted by Crippen LogP contribution is -2.41. The van der Waals surface area contributed by atoms with Crippen molar-refractivity contribution in [1.29, 1.82) is 0 Å². The fourth-order valence-electron chi connectivity index (χ4n) is 1.82. The van der Waals surface area contributed by atoms with Gasteiger partial charge in [0.1, 0.15) is 18.0 Å². The summed E-state index contributed by atoms with van der Waals surface area (Å²) in [5, 5.41) is 0. The third-order valence-electron chi connectivity index (χ3n) is 2.61. The molecule has 0 aromatic heterocycles. The molecule has 0 spiro atoms. The van der Waals surface area contributed by atoms with Gasteiger partial charge in [-0.25, -0.2) is 9.00 Å². The first-order valence-electron chi connectivity index (χ1n) is 6.16. The van der Waals surface area contributed by atoms with E-state index in [1.165, 1.54) is 17.0 Å². The molecule has 110 valence electrons. The fraction of sp³-hybridized carbons (Fsp3) is 0.462. The van der Waals surface area contributed by atoms with Crippen molar-refractivity contribution in [1.82, 2.24) is 0 Å². The monoisotopic (exact) mass is 299 g/mol. The van der Waals surface area contributed by atoms with Crippen molar-refractivity contribution in [2.24, 2.45) is 0 Å². The number of benzene rings is 1. The molecule has 1 aromatic rings. The number of hydrogen-bond acceptors (Lipinski definition) is 4. The topological polar surface area (TPSA) is 76.1 Å². The Hall–Kier alpha value is -1.60. The highest BCUT2D eigenvalue weighted by atomic mass is 32.2. The molecule has 0 bridgehead atoms. The quantitative estimate of drug-likeness (QED) is 0.806. The predicted octanol–water partition coefficient (Wildman–Crippen LogP) is 2.40. The van der Waals surface area contributed by atoms with Crippen molar-refractivity contribution in [3.05, 3.63) is 18.2 Å². The van der Waals surface area contributed by atoms with Crippen LogP contribution in [-0.4, -0.2) is 33.6 Å². The van der Waals surface area contributed by atoms with Gasteiger partial charge in [0.05, 0.1) is 17.1 Å². The number of carbonyl (C=O) groups excluding carboxylic acids is 1. The van der Waals surface area contributed by atoms with Crippen LogP contribution in [0.15, 0.2) is 23.1 Å². The Kier molecular flexibility index (Phi) is 4.01. The van der Waals surface area contributed by atoms with Crippen molar-refractivity contribution >= 4 is 22.9 Å². The van der Waals surface area contributed by atoms with Gasteiger partial charge in [0, 0.05) is 6.07 Å². The van der Waals surface area contributed by atoms with Crippen LogP contribution in [-0.2, 0) is 15.8 Å². The number of carbonyl (C=O) groups is 1. The molecular formula is C13H17NO5S. The minimum absolute atomic E-state index is 0.231. The van der Waals surface area contributed by atoms with Gasteiger partial charge in [-0.15, -0.1) is 0 Å². The van der Waals surface area contributed by atoms with Gasteiger partial charge in [0.2, 0.25) is 0 Å². The zero-order chi connectivity index (χ0) is 14.9. The Morgan fingerprint density at radius 2 is 2.15 bits per heavy atom. The van der Waals surface area contributed by atoms with E-state index >= 15 is 0 Å². The smallest absolute Gasteiger partial charge is 0.415 e. The van der Waals surface area contributed by atoms with E-state index in [0.29, 0.717) is 24.6 Å². The molecule has 1 N–H and O–H groups in total. The van der Waals surface area contributed by atoms with Crippen LogP contribution in [0.5, 0.6) is 5.75 Å². The average molecular weight is 299 g/mol. The molecule has 7 heteroatoms. The largest absolute Gasteiger partial charge is 0.489 e. The van der Waals surface area contributed by atoms with Crippen LogP contribution in [0.25, 0.3) is 0 Å². The number of nitrogens with zero attached hydrogens (tertiary/aromatic N) is 1. The van der Waals surface area contributed by atoms with Gasteiger partial charge in [-0.3, -0.25) is 4.90 Å². The molecule has 1 heterocycles. The number of hydrogen-bond donors (Lipinski definition) is 1. The number of anilines is 1.